The summed E-state index contributed by atoms with van der Waals surface area (Å²) in [4.78, 5) is 8.67. The van der Waals surface area contributed by atoms with Gasteiger partial charge in [-0.1, -0.05) is 31.2 Å². The van der Waals surface area contributed by atoms with Gasteiger partial charge in [0.25, 0.3) is 0 Å². The molecule has 19 heavy (non-hydrogen) atoms. The molecule has 2 rings (SSSR count). The molecular weight excluding hydrogens is 393 g/mol. The zero-order valence-electron chi connectivity index (χ0n) is 11.3. The van der Waals surface area contributed by atoms with Gasteiger partial charge >= 0.3 is 0 Å². The van der Waals surface area contributed by atoms with Crippen LogP contribution in [0, 0.1) is 3.57 Å². The van der Waals surface area contributed by atoms with Crippen molar-refractivity contribution in [2.75, 3.05) is 6.61 Å². The third-order valence-corrected chi connectivity index (χ3v) is 5.98. The number of pyridine rings is 1. The topological polar surface area (TPSA) is 39.9 Å². The van der Waals surface area contributed by atoms with E-state index < -0.39 is 8.07 Å². The van der Waals surface area contributed by atoms with Gasteiger partial charge in [-0.25, -0.2) is 9.97 Å². The van der Waals surface area contributed by atoms with Gasteiger partial charge in [0, 0.05) is 20.9 Å². The van der Waals surface area contributed by atoms with Crippen molar-refractivity contribution in [1.29, 1.82) is 0 Å². The Hall–Kier alpha value is -0.183. The highest BCUT2D eigenvalue weighted by molar-refractivity contribution is 14.1. The van der Waals surface area contributed by atoms with Crippen molar-refractivity contribution < 1.29 is 4.74 Å². The maximum Gasteiger partial charge on any atom is 0.163 e. The lowest BCUT2D eigenvalue weighted by Crippen LogP contribution is -2.22. The maximum atomic E-state index is 6.20. The third-order valence-electron chi connectivity index (χ3n) is 2.75. The monoisotopic (exact) mass is 409 g/mol. The van der Waals surface area contributed by atoms with Crippen molar-refractivity contribution in [2.45, 2.75) is 32.4 Å². The molecular formula is C12H17ClIN3OSi. The second-order valence-electron chi connectivity index (χ2n) is 5.65. The number of aromatic nitrogens is 3. The molecule has 0 N–H and O–H groups in total. The fraction of sp³-hybridized carbons (Fsp3) is 0.500. The van der Waals surface area contributed by atoms with E-state index in [1.54, 1.807) is 12.5 Å². The van der Waals surface area contributed by atoms with Crippen molar-refractivity contribution in [2.24, 2.45) is 0 Å². The van der Waals surface area contributed by atoms with Gasteiger partial charge < -0.3 is 4.74 Å². The van der Waals surface area contributed by atoms with Gasteiger partial charge in [0.15, 0.2) is 5.65 Å². The number of imidazole rings is 1. The van der Waals surface area contributed by atoms with Gasteiger partial charge in [-0.15, -0.1) is 0 Å². The van der Waals surface area contributed by atoms with E-state index in [2.05, 4.69) is 52.2 Å². The number of nitrogens with zero attached hydrogens (tertiary/aromatic N) is 3. The quantitative estimate of drug-likeness (QED) is 0.426. The molecule has 0 fully saturated rings. The van der Waals surface area contributed by atoms with Crippen LogP contribution in [0.4, 0.5) is 0 Å². The van der Waals surface area contributed by atoms with Crippen LogP contribution < -0.4 is 0 Å². The minimum absolute atomic E-state index is 0.477. The highest BCUT2D eigenvalue weighted by Crippen LogP contribution is 2.25. The fourth-order valence-corrected chi connectivity index (χ4v) is 2.92. The van der Waals surface area contributed by atoms with E-state index in [1.165, 1.54) is 0 Å². The molecule has 0 unspecified atom stereocenters. The summed E-state index contributed by atoms with van der Waals surface area (Å²) in [6, 6.07) is 1.16. The predicted molar refractivity (Wildman–Crippen MR) is 89.4 cm³/mol. The summed E-state index contributed by atoms with van der Waals surface area (Å²) in [5.41, 5.74) is 1.51. The van der Waals surface area contributed by atoms with Crippen molar-refractivity contribution >= 4 is 53.4 Å². The first-order chi connectivity index (χ1) is 8.88. The smallest absolute Gasteiger partial charge is 0.163 e. The molecule has 0 aliphatic heterocycles. The molecule has 0 bridgehead atoms. The molecule has 0 aliphatic carbocycles. The molecule has 0 atom stereocenters. The largest absolute Gasteiger partial charge is 0.361 e. The van der Waals surface area contributed by atoms with Gasteiger partial charge in [-0.05, 0) is 28.6 Å². The van der Waals surface area contributed by atoms with Gasteiger partial charge in [0.1, 0.15) is 12.2 Å². The van der Waals surface area contributed by atoms with E-state index in [4.69, 9.17) is 16.3 Å². The van der Waals surface area contributed by atoms with Gasteiger partial charge in [-0.2, -0.15) is 0 Å². The van der Waals surface area contributed by atoms with E-state index in [0.717, 1.165) is 27.4 Å². The number of halogens is 2. The lowest BCUT2D eigenvalue weighted by Gasteiger charge is -2.15. The number of hydrogen-bond donors (Lipinski definition) is 0. The predicted octanol–water partition coefficient (Wildman–Crippen LogP) is 4.00. The Morgan fingerprint density at radius 2 is 2.11 bits per heavy atom. The zero-order chi connectivity index (χ0) is 14.0. The average Bonchev–Trinajstić information content (AvgIpc) is 2.72. The van der Waals surface area contributed by atoms with Crippen LogP contribution in [0.15, 0.2) is 12.5 Å². The third kappa shape index (κ3) is 3.90. The molecule has 104 valence electrons. The average molecular weight is 410 g/mol. The Balaban J connectivity index is 2.04. The Bertz CT molecular complexity index is 582. The molecule has 0 saturated heterocycles. The molecule has 0 radical (unpaired) electrons. The SMILES string of the molecule is C[Si](C)(C)CCOCn1cnc2c(Cl)c(I)cnc21. The van der Waals surface area contributed by atoms with Crippen LogP contribution >= 0.6 is 34.2 Å². The summed E-state index contributed by atoms with van der Waals surface area (Å²) in [6.45, 7) is 8.28. The minimum Gasteiger partial charge on any atom is -0.361 e. The Kier molecular flexibility index (Phi) is 4.86. The number of hydrogen-bond acceptors (Lipinski definition) is 3. The van der Waals surface area contributed by atoms with Crippen molar-refractivity contribution in [3.05, 3.63) is 21.1 Å². The summed E-state index contributed by atoms with van der Waals surface area (Å²) in [5.74, 6) is 0. The molecule has 0 amide bonds. The summed E-state index contributed by atoms with van der Waals surface area (Å²) >= 11 is 8.36. The highest BCUT2D eigenvalue weighted by atomic mass is 127. The Labute approximate surface area is 132 Å². The maximum absolute atomic E-state index is 6.20. The normalized spacial score (nSPS) is 12.3. The van der Waals surface area contributed by atoms with E-state index >= 15 is 0 Å². The molecule has 0 aliphatic rings. The summed E-state index contributed by atoms with van der Waals surface area (Å²) < 4.78 is 8.51. The van der Waals surface area contributed by atoms with Crippen molar-refractivity contribution in [3.63, 3.8) is 0 Å². The van der Waals surface area contributed by atoms with Crippen LogP contribution in [0.1, 0.15) is 0 Å². The van der Waals surface area contributed by atoms with Crippen LogP contribution in [-0.2, 0) is 11.5 Å². The summed E-state index contributed by atoms with van der Waals surface area (Å²) in [5, 5.41) is 0.659. The van der Waals surface area contributed by atoms with Crippen molar-refractivity contribution in [1.82, 2.24) is 14.5 Å². The molecule has 0 spiro atoms. The van der Waals surface area contributed by atoms with Gasteiger partial charge in [-0.3, -0.25) is 4.57 Å². The first-order valence-corrected chi connectivity index (χ1v) is 11.3. The van der Waals surface area contributed by atoms with E-state index in [-0.39, 0.29) is 0 Å². The fourth-order valence-electron chi connectivity index (χ4n) is 1.59. The van der Waals surface area contributed by atoms with Crippen LogP contribution in [0.5, 0.6) is 0 Å². The van der Waals surface area contributed by atoms with Crippen molar-refractivity contribution in [3.8, 4) is 0 Å². The molecule has 0 aromatic carbocycles. The zero-order valence-corrected chi connectivity index (χ0v) is 15.2. The van der Waals surface area contributed by atoms with Crippen LogP contribution in [0.2, 0.25) is 30.7 Å². The minimum atomic E-state index is -1.04. The van der Waals surface area contributed by atoms with E-state index in [9.17, 15) is 0 Å². The molecule has 7 heteroatoms. The standard InChI is InChI=1S/C12H17ClIN3OSi/c1-19(2,3)5-4-18-8-17-7-16-11-10(13)9(14)6-15-12(11)17/h6-7H,4-5,8H2,1-3H3. The number of rotatable bonds is 5. The molecule has 2 aromatic heterocycles. The lowest BCUT2D eigenvalue weighted by atomic mass is 10.4. The van der Waals surface area contributed by atoms with E-state index in [1.807, 2.05) is 4.57 Å². The van der Waals surface area contributed by atoms with Gasteiger partial charge in [0.2, 0.25) is 0 Å². The summed E-state index contributed by atoms with van der Waals surface area (Å²) in [6.07, 6.45) is 3.49. The van der Waals surface area contributed by atoms with Crippen LogP contribution in [0.25, 0.3) is 11.2 Å². The first kappa shape index (κ1) is 15.2. The van der Waals surface area contributed by atoms with Crippen LogP contribution in [0.3, 0.4) is 0 Å². The Morgan fingerprint density at radius 1 is 1.37 bits per heavy atom. The number of fused-ring (bicyclic) bond motifs is 1. The van der Waals surface area contributed by atoms with E-state index in [0.29, 0.717) is 11.8 Å². The van der Waals surface area contributed by atoms with Gasteiger partial charge in [0.05, 0.1) is 14.9 Å². The second-order valence-corrected chi connectivity index (χ2v) is 12.8. The molecule has 2 heterocycles. The van der Waals surface area contributed by atoms with Crippen LogP contribution in [-0.4, -0.2) is 29.2 Å². The molecule has 4 nitrogen and oxygen atoms in total. The molecule has 2 aromatic rings. The number of ether oxygens (including phenoxy) is 1. The highest BCUT2D eigenvalue weighted by Gasteiger charge is 2.13. The second kappa shape index (κ2) is 6.07. The Morgan fingerprint density at radius 3 is 2.79 bits per heavy atom. The first-order valence-electron chi connectivity index (χ1n) is 6.11. The molecule has 0 saturated carbocycles. The summed E-state index contributed by atoms with van der Waals surface area (Å²) in [7, 11) is -1.04. The lowest BCUT2D eigenvalue weighted by molar-refractivity contribution is 0.0895.